The van der Waals surface area contributed by atoms with Gasteiger partial charge in [0, 0.05) is 16.8 Å². The summed E-state index contributed by atoms with van der Waals surface area (Å²) >= 11 is 6.13. The zero-order chi connectivity index (χ0) is 29.0. The second-order valence-electron chi connectivity index (χ2n) is 9.36. The molecule has 0 spiro atoms. The molecule has 0 aliphatic carbocycles. The lowest BCUT2D eigenvalue weighted by atomic mass is 10.1. The third-order valence-corrected chi connectivity index (χ3v) is 6.73. The number of carbonyl (C=O) groups is 1. The molecule has 0 radical (unpaired) electrons. The van der Waals surface area contributed by atoms with E-state index in [1.54, 1.807) is 26.0 Å². The van der Waals surface area contributed by atoms with Crippen LogP contribution in [0.15, 0.2) is 63.8 Å². The minimum absolute atomic E-state index is 0.0121. The van der Waals surface area contributed by atoms with Crippen molar-refractivity contribution in [2.75, 3.05) is 11.9 Å². The van der Waals surface area contributed by atoms with Crippen LogP contribution in [0.2, 0.25) is 5.02 Å². The van der Waals surface area contributed by atoms with Crippen molar-refractivity contribution in [3.8, 4) is 17.2 Å². The minimum atomic E-state index is -5.03. The van der Waals surface area contributed by atoms with E-state index in [0.29, 0.717) is 21.8 Å². The highest BCUT2D eigenvalue weighted by Gasteiger charge is 2.40. The number of unbranched alkanes of at least 4 members (excludes halogenated alkanes) is 1. The lowest BCUT2D eigenvalue weighted by molar-refractivity contribution is -0.154. The molecule has 1 heterocycles. The maximum absolute atomic E-state index is 13.9. The molecule has 0 fully saturated rings. The summed E-state index contributed by atoms with van der Waals surface area (Å²) < 4.78 is 57.7. The standard InChI is InChI=1S/C30H27ClF3NO5/c1-4-5-6-19-7-9-20(10-8-19)35-25(36)16-38-21-11-12-23-24(15-21)40-29(30(32,33)34)28(27(23)37)39-22-13-17(2)26(31)18(3)14-22/h7-15H,4-6,16H2,1-3H3,(H,35,36). The predicted molar refractivity (Wildman–Crippen MR) is 148 cm³/mol. The lowest BCUT2D eigenvalue weighted by Crippen LogP contribution is -2.20. The largest absolute Gasteiger partial charge is 0.484 e. The fraction of sp³-hybridized carbons (Fsp3) is 0.267. The van der Waals surface area contributed by atoms with Gasteiger partial charge in [0.15, 0.2) is 6.61 Å². The molecule has 1 aromatic heterocycles. The van der Waals surface area contributed by atoms with Gasteiger partial charge in [0.2, 0.25) is 11.2 Å². The number of rotatable bonds is 9. The number of halogens is 4. The molecule has 40 heavy (non-hydrogen) atoms. The number of alkyl halides is 3. The Bertz CT molecular complexity index is 1570. The van der Waals surface area contributed by atoms with Crippen LogP contribution in [-0.4, -0.2) is 12.5 Å². The molecule has 0 unspecified atom stereocenters. The summed E-state index contributed by atoms with van der Waals surface area (Å²) in [7, 11) is 0. The van der Waals surface area contributed by atoms with Crippen LogP contribution in [-0.2, 0) is 17.4 Å². The number of amides is 1. The van der Waals surface area contributed by atoms with Crippen LogP contribution in [0, 0.1) is 13.8 Å². The molecule has 1 amide bonds. The first-order valence-corrected chi connectivity index (χ1v) is 13.0. The normalized spacial score (nSPS) is 11.5. The third-order valence-electron chi connectivity index (χ3n) is 6.14. The van der Waals surface area contributed by atoms with Gasteiger partial charge < -0.3 is 19.2 Å². The topological polar surface area (TPSA) is 77.8 Å². The Hall–Kier alpha value is -3.98. The highest BCUT2D eigenvalue weighted by Crippen LogP contribution is 2.39. The first kappa shape index (κ1) is 29.0. The van der Waals surface area contributed by atoms with Gasteiger partial charge >= 0.3 is 6.18 Å². The average molecular weight is 574 g/mol. The van der Waals surface area contributed by atoms with E-state index in [1.165, 1.54) is 29.8 Å². The van der Waals surface area contributed by atoms with Crippen molar-refractivity contribution in [2.24, 2.45) is 0 Å². The molecule has 0 aliphatic heterocycles. The fourth-order valence-corrected chi connectivity index (χ4v) is 4.20. The van der Waals surface area contributed by atoms with E-state index in [2.05, 4.69) is 12.2 Å². The van der Waals surface area contributed by atoms with Crippen molar-refractivity contribution in [1.29, 1.82) is 0 Å². The summed E-state index contributed by atoms with van der Waals surface area (Å²) in [5.74, 6) is -2.98. The molecule has 6 nitrogen and oxygen atoms in total. The van der Waals surface area contributed by atoms with Crippen LogP contribution >= 0.6 is 11.6 Å². The number of nitrogens with one attached hydrogen (secondary N) is 1. The number of hydrogen-bond acceptors (Lipinski definition) is 5. The number of fused-ring (bicyclic) bond motifs is 1. The number of hydrogen-bond donors (Lipinski definition) is 1. The van der Waals surface area contributed by atoms with E-state index in [-0.39, 0.29) is 22.5 Å². The Morgan fingerprint density at radius 2 is 1.68 bits per heavy atom. The Balaban J connectivity index is 1.54. The predicted octanol–water partition coefficient (Wildman–Crippen LogP) is 8.23. The molecule has 4 rings (SSSR count). The third kappa shape index (κ3) is 6.77. The van der Waals surface area contributed by atoms with E-state index in [9.17, 15) is 22.8 Å². The van der Waals surface area contributed by atoms with Gasteiger partial charge in [0.25, 0.3) is 11.7 Å². The minimum Gasteiger partial charge on any atom is -0.484 e. The van der Waals surface area contributed by atoms with E-state index < -0.39 is 35.6 Å². The maximum atomic E-state index is 13.9. The van der Waals surface area contributed by atoms with Crippen molar-refractivity contribution in [3.05, 3.63) is 92.3 Å². The number of ether oxygens (including phenoxy) is 2. The van der Waals surface area contributed by atoms with Crippen LogP contribution in [0.25, 0.3) is 11.0 Å². The first-order chi connectivity index (χ1) is 19.0. The van der Waals surface area contributed by atoms with Crippen LogP contribution in [0.3, 0.4) is 0 Å². The van der Waals surface area contributed by atoms with E-state index in [1.807, 2.05) is 12.1 Å². The summed E-state index contributed by atoms with van der Waals surface area (Å²) in [6.07, 6.45) is -1.91. The molecule has 0 saturated carbocycles. The van der Waals surface area contributed by atoms with Crippen LogP contribution in [0.5, 0.6) is 17.2 Å². The van der Waals surface area contributed by atoms with Crippen molar-refractivity contribution in [2.45, 2.75) is 46.2 Å². The molecule has 0 saturated heterocycles. The quantitative estimate of drug-likeness (QED) is 0.218. The highest BCUT2D eigenvalue weighted by atomic mass is 35.5. The number of carbonyl (C=O) groups excluding carboxylic acids is 1. The molecular formula is C30H27ClF3NO5. The zero-order valence-electron chi connectivity index (χ0n) is 22.1. The summed E-state index contributed by atoms with van der Waals surface area (Å²) in [6.45, 7) is 5.04. The Kier molecular flexibility index (Phi) is 8.73. The number of anilines is 1. The second kappa shape index (κ2) is 12.0. The Morgan fingerprint density at radius 1 is 1.00 bits per heavy atom. The van der Waals surface area contributed by atoms with Crippen molar-refractivity contribution in [1.82, 2.24) is 0 Å². The van der Waals surface area contributed by atoms with E-state index in [4.69, 9.17) is 25.5 Å². The second-order valence-corrected chi connectivity index (χ2v) is 9.73. The smallest absolute Gasteiger partial charge is 0.453 e. The van der Waals surface area contributed by atoms with Gasteiger partial charge in [-0.2, -0.15) is 13.2 Å². The van der Waals surface area contributed by atoms with Crippen molar-refractivity contribution >= 4 is 34.2 Å². The summed E-state index contributed by atoms with van der Waals surface area (Å²) in [5.41, 5.74) is 1.53. The van der Waals surface area contributed by atoms with Gasteiger partial charge in [-0.15, -0.1) is 0 Å². The molecule has 10 heteroatoms. The molecule has 0 aliphatic rings. The first-order valence-electron chi connectivity index (χ1n) is 12.6. The molecule has 1 N–H and O–H groups in total. The molecule has 210 valence electrons. The van der Waals surface area contributed by atoms with Gasteiger partial charge in [0.05, 0.1) is 5.39 Å². The summed E-state index contributed by atoms with van der Waals surface area (Å²) in [6, 6.07) is 14.1. The van der Waals surface area contributed by atoms with Gasteiger partial charge in [-0.25, -0.2) is 0 Å². The summed E-state index contributed by atoms with van der Waals surface area (Å²) in [4.78, 5) is 25.4. The molecule has 0 atom stereocenters. The van der Waals surface area contributed by atoms with E-state index in [0.717, 1.165) is 25.3 Å². The van der Waals surface area contributed by atoms with Gasteiger partial charge in [0.1, 0.15) is 17.1 Å². The monoisotopic (exact) mass is 573 g/mol. The molecule has 0 bridgehead atoms. The van der Waals surface area contributed by atoms with Crippen LogP contribution in [0.1, 0.15) is 42.2 Å². The average Bonchev–Trinajstić information content (AvgIpc) is 2.91. The SMILES string of the molecule is CCCCc1ccc(NC(=O)COc2ccc3c(=O)c(Oc4cc(C)c(Cl)c(C)c4)c(C(F)(F)F)oc3c2)cc1. The lowest BCUT2D eigenvalue weighted by Gasteiger charge is -2.15. The number of benzene rings is 3. The van der Waals surface area contributed by atoms with E-state index >= 15 is 0 Å². The van der Waals surface area contributed by atoms with Crippen LogP contribution < -0.4 is 20.2 Å². The van der Waals surface area contributed by atoms with Crippen molar-refractivity contribution < 1.29 is 31.9 Å². The molecule has 3 aromatic carbocycles. The van der Waals surface area contributed by atoms with Gasteiger partial charge in [-0.1, -0.05) is 37.1 Å². The summed E-state index contributed by atoms with van der Waals surface area (Å²) in [5, 5.41) is 2.99. The van der Waals surface area contributed by atoms with Gasteiger partial charge in [-0.05, 0) is 79.8 Å². The molecule has 4 aromatic rings. The fourth-order valence-electron chi connectivity index (χ4n) is 4.09. The Labute approximate surface area is 233 Å². The number of aryl methyl sites for hydroxylation is 3. The molecular weight excluding hydrogens is 547 g/mol. The maximum Gasteiger partial charge on any atom is 0.453 e. The zero-order valence-corrected chi connectivity index (χ0v) is 22.8. The van der Waals surface area contributed by atoms with Crippen LogP contribution in [0.4, 0.5) is 18.9 Å². The highest BCUT2D eigenvalue weighted by molar-refractivity contribution is 6.32. The van der Waals surface area contributed by atoms with Gasteiger partial charge in [-0.3, -0.25) is 9.59 Å². The Morgan fingerprint density at radius 3 is 2.30 bits per heavy atom. The van der Waals surface area contributed by atoms with Crippen molar-refractivity contribution in [3.63, 3.8) is 0 Å².